The minimum absolute atomic E-state index is 0.210. The summed E-state index contributed by atoms with van der Waals surface area (Å²) in [6, 6.07) is 9.12. The van der Waals surface area contributed by atoms with Crippen molar-refractivity contribution in [2.75, 3.05) is 0 Å². The molecule has 0 aliphatic heterocycles. The van der Waals surface area contributed by atoms with Gasteiger partial charge in [-0.25, -0.2) is 9.50 Å². The van der Waals surface area contributed by atoms with Crippen molar-refractivity contribution in [3.8, 4) is 0 Å². The van der Waals surface area contributed by atoms with E-state index in [-0.39, 0.29) is 5.91 Å². The fraction of sp³-hybridized carbons (Fsp3) is 0.0714. The molecule has 0 aliphatic carbocycles. The molecular weight excluding hydrogens is 276 g/mol. The van der Waals surface area contributed by atoms with Gasteiger partial charge >= 0.3 is 0 Å². The van der Waals surface area contributed by atoms with Crippen LogP contribution in [0.2, 0.25) is 5.02 Å². The predicted molar refractivity (Wildman–Crippen MR) is 75.6 cm³/mol. The van der Waals surface area contributed by atoms with E-state index in [2.05, 4.69) is 15.4 Å². The lowest BCUT2D eigenvalue weighted by molar-refractivity contribution is 0.0952. The number of hydrogen-bond donors (Lipinski definition) is 1. The van der Waals surface area contributed by atoms with Crippen molar-refractivity contribution in [2.45, 2.75) is 6.54 Å². The molecule has 1 amide bonds. The number of hydrogen-bond acceptors (Lipinski definition) is 3. The van der Waals surface area contributed by atoms with E-state index in [9.17, 15) is 4.79 Å². The van der Waals surface area contributed by atoms with Gasteiger partial charge in [-0.2, -0.15) is 5.10 Å². The van der Waals surface area contributed by atoms with Gasteiger partial charge in [-0.3, -0.25) is 4.79 Å². The Morgan fingerprint density at radius 2 is 2.25 bits per heavy atom. The van der Waals surface area contributed by atoms with Gasteiger partial charge in [-0.1, -0.05) is 23.7 Å². The summed E-state index contributed by atoms with van der Waals surface area (Å²) in [6.07, 6.45) is 4.89. The van der Waals surface area contributed by atoms with Crippen LogP contribution in [-0.2, 0) is 6.54 Å². The van der Waals surface area contributed by atoms with Crippen LogP contribution in [0.1, 0.15) is 15.9 Å². The summed E-state index contributed by atoms with van der Waals surface area (Å²) >= 11 is 5.90. The van der Waals surface area contributed by atoms with E-state index in [1.807, 2.05) is 18.2 Å². The quantitative estimate of drug-likeness (QED) is 0.804. The number of carbonyl (C=O) groups is 1. The largest absolute Gasteiger partial charge is 0.348 e. The third-order valence-corrected chi connectivity index (χ3v) is 3.10. The third kappa shape index (κ3) is 2.48. The second-order valence-electron chi connectivity index (χ2n) is 4.26. The summed E-state index contributed by atoms with van der Waals surface area (Å²) in [7, 11) is 0. The summed E-state index contributed by atoms with van der Waals surface area (Å²) in [6.45, 7) is 0.406. The molecule has 100 valence electrons. The van der Waals surface area contributed by atoms with Gasteiger partial charge in [-0.05, 0) is 23.8 Å². The molecule has 1 N–H and O–H groups in total. The minimum atomic E-state index is -0.210. The highest BCUT2D eigenvalue weighted by Gasteiger charge is 2.12. The topological polar surface area (TPSA) is 59.3 Å². The molecule has 3 aromatic rings. The summed E-state index contributed by atoms with van der Waals surface area (Å²) in [5.74, 6) is -0.210. The molecule has 20 heavy (non-hydrogen) atoms. The first-order valence-corrected chi connectivity index (χ1v) is 6.43. The van der Waals surface area contributed by atoms with Gasteiger partial charge < -0.3 is 5.32 Å². The van der Waals surface area contributed by atoms with E-state index in [0.717, 1.165) is 5.56 Å². The average molecular weight is 287 g/mol. The van der Waals surface area contributed by atoms with Gasteiger partial charge in [0.25, 0.3) is 5.91 Å². The van der Waals surface area contributed by atoms with E-state index >= 15 is 0 Å². The van der Waals surface area contributed by atoms with Crippen LogP contribution in [0.15, 0.2) is 48.9 Å². The van der Waals surface area contributed by atoms with Crippen LogP contribution < -0.4 is 5.32 Å². The summed E-state index contributed by atoms with van der Waals surface area (Å²) in [5, 5.41) is 7.56. The van der Waals surface area contributed by atoms with Gasteiger partial charge in [0, 0.05) is 24.0 Å². The molecule has 2 aromatic heterocycles. The Morgan fingerprint density at radius 3 is 3.10 bits per heavy atom. The molecule has 0 spiro atoms. The van der Waals surface area contributed by atoms with Crippen molar-refractivity contribution in [1.82, 2.24) is 19.9 Å². The fourth-order valence-electron chi connectivity index (χ4n) is 1.91. The average Bonchev–Trinajstić information content (AvgIpc) is 2.89. The smallest absolute Gasteiger partial charge is 0.257 e. The highest BCUT2D eigenvalue weighted by Crippen LogP contribution is 2.11. The summed E-state index contributed by atoms with van der Waals surface area (Å²) in [5.41, 5.74) is 1.93. The summed E-state index contributed by atoms with van der Waals surface area (Å²) in [4.78, 5) is 16.3. The summed E-state index contributed by atoms with van der Waals surface area (Å²) < 4.78 is 1.56. The molecule has 3 rings (SSSR count). The number of rotatable bonds is 3. The van der Waals surface area contributed by atoms with Crippen molar-refractivity contribution in [1.29, 1.82) is 0 Å². The molecule has 2 heterocycles. The van der Waals surface area contributed by atoms with Gasteiger partial charge in [0.1, 0.15) is 5.56 Å². The Hall–Kier alpha value is -2.40. The lowest BCUT2D eigenvalue weighted by Gasteiger charge is -2.04. The van der Waals surface area contributed by atoms with Gasteiger partial charge in [0.05, 0.1) is 6.20 Å². The van der Waals surface area contributed by atoms with Crippen LogP contribution in [0, 0.1) is 0 Å². The monoisotopic (exact) mass is 286 g/mol. The van der Waals surface area contributed by atoms with Crippen molar-refractivity contribution >= 4 is 23.2 Å². The Bertz CT molecular complexity index is 768. The maximum Gasteiger partial charge on any atom is 0.257 e. The Labute approximate surface area is 120 Å². The zero-order valence-electron chi connectivity index (χ0n) is 10.5. The Kier molecular flexibility index (Phi) is 3.35. The van der Waals surface area contributed by atoms with Gasteiger partial charge in [-0.15, -0.1) is 0 Å². The van der Waals surface area contributed by atoms with Crippen LogP contribution in [0.4, 0.5) is 0 Å². The number of amides is 1. The van der Waals surface area contributed by atoms with Crippen LogP contribution in [-0.4, -0.2) is 20.5 Å². The minimum Gasteiger partial charge on any atom is -0.348 e. The highest BCUT2D eigenvalue weighted by atomic mass is 35.5. The molecule has 6 heteroatoms. The Balaban J connectivity index is 1.76. The first-order valence-electron chi connectivity index (χ1n) is 6.05. The lowest BCUT2D eigenvalue weighted by Crippen LogP contribution is -2.22. The first-order chi connectivity index (χ1) is 9.74. The third-order valence-electron chi connectivity index (χ3n) is 2.87. The SMILES string of the molecule is O=C(NCc1cccc(Cl)c1)c1cnn2cccnc12. The highest BCUT2D eigenvalue weighted by molar-refractivity contribution is 6.30. The van der Waals surface area contributed by atoms with E-state index in [1.54, 1.807) is 29.0 Å². The molecule has 5 nitrogen and oxygen atoms in total. The molecule has 0 atom stereocenters. The van der Waals surface area contributed by atoms with Crippen molar-refractivity contribution in [2.24, 2.45) is 0 Å². The molecule has 0 fully saturated rings. The molecule has 0 saturated carbocycles. The van der Waals surface area contributed by atoms with Crippen molar-refractivity contribution in [3.05, 3.63) is 65.1 Å². The second-order valence-corrected chi connectivity index (χ2v) is 4.70. The molecule has 0 saturated heterocycles. The van der Waals surface area contributed by atoms with Crippen LogP contribution in [0.5, 0.6) is 0 Å². The van der Waals surface area contributed by atoms with Crippen molar-refractivity contribution < 1.29 is 4.79 Å². The number of nitrogens with zero attached hydrogens (tertiary/aromatic N) is 3. The van der Waals surface area contributed by atoms with Gasteiger partial charge in [0.15, 0.2) is 5.65 Å². The fourth-order valence-corrected chi connectivity index (χ4v) is 2.12. The molecule has 0 radical (unpaired) electrons. The number of fused-ring (bicyclic) bond motifs is 1. The normalized spacial score (nSPS) is 10.7. The zero-order valence-corrected chi connectivity index (χ0v) is 11.2. The van der Waals surface area contributed by atoms with E-state index in [1.165, 1.54) is 6.20 Å². The molecule has 1 aromatic carbocycles. The lowest BCUT2D eigenvalue weighted by atomic mass is 10.2. The second kappa shape index (κ2) is 5.30. The van der Waals surface area contributed by atoms with Gasteiger partial charge in [0.2, 0.25) is 0 Å². The van der Waals surface area contributed by atoms with E-state index < -0.39 is 0 Å². The van der Waals surface area contributed by atoms with E-state index in [0.29, 0.717) is 22.8 Å². The maximum absolute atomic E-state index is 12.1. The van der Waals surface area contributed by atoms with Crippen LogP contribution in [0.3, 0.4) is 0 Å². The number of carbonyl (C=O) groups excluding carboxylic acids is 1. The number of nitrogens with one attached hydrogen (secondary N) is 1. The molecule has 0 aliphatic rings. The number of aromatic nitrogens is 3. The molecule has 0 unspecified atom stereocenters. The van der Waals surface area contributed by atoms with Crippen LogP contribution >= 0.6 is 11.6 Å². The first kappa shape index (κ1) is 12.6. The molecular formula is C14H11ClN4O. The Morgan fingerprint density at radius 1 is 1.35 bits per heavy atom. The maximum atomic E-state index is 12.1. The molecule has 0 bridgehead atoms. The van der Waals surface area contributed by atoms with Crippen molar-refractivity contribution in [3.63, 3.8) is 0 Å². The number of halogens is 1. The number of benzene rings is 1. The predicted octanol–water partition coefficient (Wildman–Crippen LogP) is 2.31. The zero-order chi connectivity index (χ0) is 13.9. The van der Waals surface area contributed by atoms with E-state index in [4.69, 9.17) is 11.6 Å². The standard InChI is InChI=1S/C14H11ClN4O/c15-11-4-1-3-10(7-11)8-17-14(20)12-9-18-19-6-2-5-16-13(12)19/h1-7,9H,8H2,(H,17,20). The van der Waals surface area contributed by atoms with Crippen LogP contribution in [0.25, 0.3) is 5.65 Å².